The molecule has 3 nitrogen and oxygen atoms in total. The summed E-state index contributed by atoms with van der Waals surface area (Å²) in [6.07, 6.45) is 5.49. The molecule has 16 heavy (non-hydrogen) atoms. The van der Waals surface area contributed by atoms with Crippen molar-refractivity contribution in [1.82, 2.24) is 0 Å². The predicted molar refractivity (Wildman–Crippen MR) is 70.2 cm³/mol. The van der Waals surface area contributed by atoms with Crippen molar-refractivity contribution in [2.24, 2.45) is 0 Å². The van der Waals surface area contributed by atoms with E-state index >= 15 is 0 Å². The zero-order chi connectivity index (χ0) is 11.4. The minimum atomic E-state index is -1.01. The Morgan fingerprint density at radius 1 is 1.19 bits per heavy atom. The van der Waals surface area contributed by atoms with Crippen molar-refractivity contribution in [3.63, 3.8) is 0 Å². The standard InChI is InChI=1S/C12H18N2OS/c1-16(15)13-11-7-3-4-8-12(11)14-9-5-2-6-10-14/h3-4,7-8,13H,2,5-6,9-10H2,1H3. The fourth-order valence-corrected chi connectivity index (χ4v) is 2.61. The maximum atomic E-state index is 11.2. The Morgan fingerprint density at radius 2 is 1.88 bits per heavy atom. The van der Waals surface area contributed by atoms with E-state index in [1.54, 1.807) is 6.26 Å². The van der Waals surface area contributed by atoms with E-state index in [1.165, 1.54) is 24.9 Å². The molecular formula is C12H18N2OS. The van der Waals surface area contributed by atoms with E-state index in [0.29, 0.717) is 0 Å². The lowest BCUT2D eigenvalue weighted by atomic mass is 10.1. The van der Waals surface area contributed by atoms with Gasteiger partial charge in [0.1, 0.15) is 11.9 Å². The van der Waals surface area contributed by atoms with Crippen LogP contribution in [-0.4, -0.2) is 23.9 Å². The fourth-order valence-electron chi connectivity index (χ4n) is 2.13. The van der Waals surface area contributed by atoms with Gasteiger partial charge >= 0.3 is 0 Å². The summed E-state index contributed by atoms with van der Waals surface area (Å²) in [5.74, 6) is 0. The van der Waals surface area contributed by atoms with Gasteiger partial charge in [-0.1, -0.05) is 12.1 Å². The molecule has 1 aliphatic heterocycles. The van der Waals surface area contributed by atoms with E-state index in [-0.39, 0.29) is 0 Å². The number of nitrogens with zero attached hydrogens (tertiary/aromatic N) is 1. The maximum absolute atomic E-state index is 11.2. The number of nitrogens with one attached hydrogen (secondary N) is 1. The minimum Gasteiger partial charge on any atom is -0.593 e. The zero-order valence-electron chi connectivity index (χ0n) is 9.61. The largest absolute Gasteiger partial charge is 0.593 e. The van der Waals surface area contributed by atoms with Crippen LogP contribution in [0.3, 0.4) is 0 Å². The summed E-state index contributed by atoms with van der Waals surface area (Å²) in [7, 11) is 0. The summed E-state index contributed by atoms with van der Waals surface area (Å²) in [5.41, 5.74) is 2.16. The van der Waals surface area contributed by atoms with Crippen LogP contribution in [0.2, 0.25) is 0 Å². The van der Waals surface area contributed by atoms with Crippen LogP contribution in [0.4, 0.5) is 11.4 Å². The van der Waals surface area contributed by atoms with Crippen molar-refractivity contribution in [3.05, 3.63) is 24.3 Å². The molecule has 1 unspecified atom stereocenters. The van der Waals surface area contributed by atoms with Crippen LogP contribution in [0.1, 0.15) is 19.3 Å². The molecule has 0 amide bonds. The molecule has 0 spiro atoms. The number of anilines is 2. The van der Waals surface area contributed by atoms with Gasteiger partial charge in [0, 0.05) is 13.1 Å². The molecule has 1 aromatic rings. The number of rotatable bonds is 3. The van der Waals surface area contributed by atoms with Crippen molar-refractivity contribution in [2.75, 3.05) is 29.0 Å². The molecule has 0 saturated carbocycles. The highest BCUT2D eigenvalue weighted by molar-refractivity contribution is 7.92. The molecule has 1 N–H and O–H groups in total. The highest BCUT2D eigenvalue weighted by Crippen LogP contribution is 2.28. The Balaban J connectivity index is 2.17. The first-order valence-corrected chi connectivity index (χ1v) is 7.27. The molecule has 0 bridgehead atoms. The van der Waals surface area contributed by atoms with Crippen LogP contribution in [0.15, 0.2) is 24.3 Å². The van der Waals surface area contributed by atoms with Crippen molar-refractivity contribution >= 4 is 22.7 Å². The van der Waals surface area contributed by atoms with Gasteiger partial charge in [0.05, 0.1) is 17.0 Å². The first kappa shape index (κ1) is 11.6. The summed E-state index contributed by atoms with van der Waals surface area (Å²) in [6.45, 7) is 2.21. The molecule has 0 radical (unpaired) electrons. The Morgan fingerprint density at radius 3 is 2.56 bits per heavy atom. The SMILES string of the molecule is C[S+]([O-])Nc1ccccc1N1CCCCC1. The van der Waals surface area contributed by atoms with Gasteiger partial charge in [-0.2, -0.15) is 0 Å². The lowest BCUT2D eigenvalue weighted by molar-refractivity contribution is 0.578. The highest BCUT2D eigenvalue weighted by Gasteiger charge is 2.15. The quantitative estimate of drug-likeness (QED) is 0.822. The second-order valence-corrected chi connectivity index (χ2v) is 5.23. The van der Waals surface area contributed by atoms with Gasteiger partial charge in [0.2, 0.25) is 0 Å². The average Bonchev–Trinajstić information content (AvgIpc) is 2.30. The van der Waals surface area contributed by atoms with E-state index in [2.05, 4.69) is 15.7 Å². The van der Waals surface area contributed by atoms with E-state index in [4.69, 9.17) is 0 Å². The molecule has 1 heterocycles. The van der Waals surface area contributed by atoms with E-state index < -0.39 is 11.4 Å². The van der Waals surface area contributed by atoms with E-state index in [0.717, 1.165) is 18.8 Å². The molecule has 1 aromatic carbocycles. The minimum absolute atomic E-state index is 0.977. The van der Waals surface area contributed by atoms with Gasteiger partial charge in [-0.3, -0.25) is 0 Å². The van der Waals surface area contributed by atoms with Gasteiger partial charge < -0.3 is 9.45 Å². The lowest BCUT2D eigenvalue weighted by Crippen LogP contribution is -2.30. The van der Waals surface area contributed by atoms with Gasteiger partial charge in [0.15, 0.2) is 0 Å². The Bertz CT molecular complexity index is 338. The number of benzene rings is 1. The van der Waals surface area contributed by atoms with Crippen LogP contribution in [0.5, 0.6) is 0 Å². The fraction of sp³-hybridized carbons (Fsp3) is 0.500. The number of para-hydroxylation sites is 2. The summed E-state index contributed by atoms with van der Waals surface area (Å²) in [5, 5.41) is 0. The molecular weight excluding hydrogens is 220 g/mol. The van der Waals surface area contributed by atoms with Crippen molar-refractivity contribution in [3.8, 4) is 0 Å². The van der Waals surface area contributed by atoms with Gasteiger partial charge in [0.25, 0.3) is 0 Å². The smallest absolute Gasteiger partial charge is 0.121 e. The molecule has 4 heteroatoms. The van der Waals surface area contributed by atoms with Gasteiger partial charge in [-0.05, 0) is 31.4 Å². The van der Waals surface area contributed by atoms with Crippen LogP contribution in [-0.2, 0) is 11.4 Å². The molecule has 1 aliphatic rings. The second-order valence-electron chi connectivity index (χ2n) is 4.12. The lowest BCUT2D eigenvalue weighted by Gasteiger charge is -2.30. The van der Waals surface area contributed by atoms with Crippen LogP contribution in [0.25, 0.3) is 0 Å². The summed E-state index contributed by atoms with van der Waals surface area (Å²) >= 11 is -1.01. The van der Waals surface area contributed by atoms with Crippen LogP contribution >= 0.6 is 0 Å². The van der Waals surface area contributed by atoms with Crippen molar-refractivity contribution in [2.45, 2.75) is 19.3 Å². The molecule has 0 aliphatic carbocycles. The Kier molecular flexibility index (Phi) is 3.96. The van der Waals surface area contributed by atoms with Crippen LogP contribution < -0.4 is 9.62 Å². The first-order valence-electron chi connectivity index (χ1n) is 5.71. The van der Waals surface area contributed by atoms with Crippen LogP contribution in [0, 0.1) is 0 Å². The van der Waals surface area contributed by atoms with Crippen molar-refractivity contribution in [1.29, 1.82) is 0 Å². The van der Waals surface area contributed by atoms with Gasteiger partial charge in [-0.15, -0.1) is 0 Å². The number of hydrogen-bond acceptors (Lipinski definition) is 3. The molecule has 2 rings (SSSR count). The molecule has 0 aromatic heterocycles. The van der Waals surface area contributed by atoms with Crippen molar-refractivity contribution < 1.29 is 4.55 Å². The second kappa shape index (κ2) is 5.46. The predicted octanol–water partition coefficient (Wildman–Crippen LogP) is 2.38. The monoisotopic (exact) mass is 238 g/mol. The highest BCUT2D eigenvalue weighted by atomic mass is 32.2. The van der Waals surface area contributed by atoms with E-state index in [9.17, 15) is 4.55 Å². The third-order valence-corrected chi connectivity index (χ3v) is 3.36. The summed E-state index contributed by atoms with van der Waals surface area (Å²) in [6, 6.07) is 8.10. The third-order valence-electron chi connectivity index (χ3n) is 2.85. The summed E-state index contributed by atoms with van der Waals surface area (Å²) < 4.78 is 14.2. The summed E-state index contributed by atoms with van der Waals surface area (Å²) in [4.78, 5) is 2.37. The van der Waals surface area contributed by atoms with E-state index in [1.807, 2.05) is 18.2 Å². The Labute approximate surface area is 100 Å². The number of piperidine rings is 1. The Hall–Kier alpha value is -0.870. The topological polar surface area (TPSA) is 38.3 Å². The van der Waals surface area contributed by atoms with Gasteiger partial charge in [-0.25, -0.2) is 4.72 Å². The molecule has 1 saturated heterocycles. The molecule has 88 valence electrons. The molecule has 1 fully saturated rings. The zero-order valence-corrected chi connectivity index (χ0v) is 10.4. The normalized spacial score (nSPS) is 18.2. The third kappa shape index (κ3) is 2.83. The molecule has 1 atom stereocenters. The first-order chi connectivity index (χ1) is 7.77. The maximum Gasteiger partial charge on any atom is 0.121 e. The average molecular weight is 238 g/mol. The number of hydrogen-bond donors (Lipinski definition) is 1.